The van der Waals surface area contributed by atoms with Crippen LogP contribution in [0.3, 0.4) is 0 Å². The highest BCUT2D eigenvalue weighted by atomic mass is 16.3. The van der Waals surface area contributed by atoms with Crippen LogP contribution in [0.15, 0.2) is 24.3 Å². The maximum Gasteiger partial charge on any atom is 0.239 e. The summed E-state index contributed by atoms with van der Waals surface area (Å²) in [4.78, 5) is 22.1. The predicted octanol–water partition coefficient (Wildman–Crippen LogP) is -0.917. The van der Waals surface area contributed by atoms with Crippen molar-refractivity contribution in [3.05, 3.63) is 29.8 Å². The highest BCUT2D eigenvalue weighted by Gasteiger charge is 2.03. The van der Waals surface area contributed by atoms with Gasteiger partial charge >= 0.3 is 0 Å². The van der Waals surface area contributed by atoms with E-state index in [0.29, 0.717) is 6.54 Å². The highest BCUT2D eigenvalue weighted by molar-refractivity contribution is 5.85. The molecule has 1 rings (SSSR count). The minimum Gasteiger partial charge on any atom is -0.508 e. The van der Waals surface area contributed by atoms with Crippen molar-refractivity contribution in [2.24, 2.45) is 5.73 Å². The van der Waals surface area contributed by atoms with Gasteiger partial charge in [-0.25, -0.2) is 0 Å². The standard InChI is InChI=1S/C11H15N3O3/c12-5-10(16)14-7-11(17)13-6-8-1-3-9(15)4-2-8/h1-4,15H,5-7,12H2,(H,13,17)(H,14,16). The van der Waals surface area contributed by atoms with Crippen LogP contribution in [0, 0.1) is 0 Å². The first-order chi connectivity index (χ1) is 8.11. The van der Waals surface area contributed by atoms with E-state index in [-0.39, 0.29) is 30.7 Å². The van der Waals surface area contributed by atoms with Gasteiger partial charge in [0.25, 0.3) is 0 Å². The summed E-state index contributed by atoms with van der Waals surface area (Å²) in [7, 11) is 0. The lowest BCUT2D eigenvalue weighted by Gasteiger charge is -2.06. The Balaban J connectivity index is 2.28. The van der Waals surface area contributed by atoms with E-state index in [4.69, 9.17) is 10.8 Å². The van der Waals surface area contributed by atoms with Crippen LogP contribution >= 0.6 is 0 Å². The van der Waals surface area contributed by atoms with Gasteiger partial charge in [0.05, 0.1) is 13.1 Å². The van der Waals surface area contributed by atoms with Crippen molar-refractivity contribution in [1.82, 2.24) is 10.6 Å². The maximum absolute atomic E-state index is 11.3. The van der Waals surface area contributed by atoms with Gasteiger partial charge in [0, 0.05) is 6.54 Å². The quantitative estimate of drug-likeness (QED) is 0.531. The van der Waals surface area contributed by atoms with Gasteiger partial charge in [-0.2, -0.15) is 0 Å². The van der Waals surface area contributed by atoms with E-state index in [9.17, 15) is 9.59 Å². The minimum atomic E-state index is -0.371. The Morgan fingerprint density at radius 3 is 2.35 bits per heavy atom. The lowest BCUT2D eigenvalue weighted by atomic mass is 10.2. The van der Waals surface area contributed by atoms with Gasteiger partial charge in [0.15, 0.2) is 0 Å². The number of aromatic hydroxyl groups is 1. The van der Waals surface area contributed by atoms with E-state index in [1.54, 1.807) is 12.1 Å². The number of rotatable bonds is 5. The molecule has 0 aliphatic rings. The minimum absolute atomic E-state index is 0.0892. The van der Waals surface area contributed by atoms with Crippen LogP contribution in [0.5, 0.6) is 5.75 Å². The molecule has 1 aromatic rings. The summed E-state index contributed by atoms with van der Waals surface area (Å²) in [6.07, 6.45) is 0. The van der Waals surface area contributed by atoms with Crippen molar-refractivity contribution in [2.45, 2.75) is 6.54 Å². The second-order valence-electron chi connectivity index (χ2n) is 3.42. The van der Waals surface area contributed by atoms with Crippen LogP contribution in [0.2, 0.25) is 0 Å². The summed E-state index contributed by atoms with van der Waals surface area (Å²) in [6, 6.07) is 6.48. The summed E-state index contributed by atoms with van der Waals surface area (Å²) < 4.78 is 0. The molecule has 0 bridgehead atoms. The fourth-order valence-corrected chi connectivity index (χ4v) is 1.13. The van der Waals surface area contributed by atoms with Gasteiger partial charge in [0.1, 0.15) is 5.75 Å². The summed E-state index contributed by atoms with van der Waals surface area (Å²) >= 11 is 0. The predicted molar refractivity (Wildman–Crippen MR) is 62.0 cm³/mol. The van der Waals surface area contributed by atoms with Crippen molar-refractivity contribution < 1.29 is 14.7 Å². The summed E-state index contributed by atoms with van der Waals surface area (Å²) in [5.74, 6) is -0.486. The molecule has 17 heavy (non-hydrogen) atoms. The van der Waals surface area contributed by atoms with Crippen molar-refractivity contribution in [3.8, 4) is 5.75 Å². The molecule has 6 heteroatoms. The molecule has 0 aliphatic heterocycles. The second-order valence-corrected chi connectivity index (χ2v) is 3.42. The Kier molecular flexibility index (Phi) is 4.96. The molecule has 2 amide bonds. The Hall–Kier alpha value is -2.08. The average molecular weight is 237 g/mol. The molecule has 6 nitrogen and oxygen atoms in total. The van der Waals surface area contributed by atoms with E-state index in [1.807, 2.05) is 0 Å². The number of phenols is 1. The van der Waals surface area contributed by atoms with Gasteiger partial charge in [-0.05, 0) is 17.7 Å². The zero-order valence-electron chi connectivity index (χ0n) is 9.27. The van der Waals surface area contributed by atoms with Crippen molar-refractivity contribution in [3.63, 3.8) is 0 Å². The number of nitrogens with two attached hydrogens (primary N) is 1. The SMILES string of the molecule is NCC(=O)NCC(=O)NCc1ccc(O)cc1. The smallest absolute Gasteiger partial charge is 0.239 e. The van der Waals surface area contributed by atoms with Crippen molar-refractivity contribution in [2.75, 3.05) is 13.1 Å². The largest absolute Gasteiger partial charge is 0.508 e. The van der Waals surface area contributed by atoms with Gasteiger partial charge < -0.3 is 21.5 Å². The summed E-state index contributed by atoms with van der Waals surface area (Å²) in [5.41, 5.74) is 5.93. The normalized spacial score (nSPS) is 9.71. The number of hydrogen-bond donors (Lipinski definition) is 4. The molecule has 0 atom stereocenters. The molecule has 92 valence electrons. The average Bonchev–Trinajstić information content (AvgIpc) is 2.35. The molecule has 0 heterocycles. The Morgan fingerprint density at radius 1 is 1.12 bits per heavy atom. The number of hydrogen-bond acceptors (Lipinski definition) is 4. The molecular formula is C11H15N3O3. The third kappa shape index (κ3) is 4.98. The molecule has 1 aromatic carbocycles. The fraction of sp³-hybridized carbons (Fsp3) is 0.273. The molecule has 0 saturated carbocycles. The van der Waals surface area contributed by atoms with Crippen LogP contribution in [-0.2, 0) is 16.1 Å². The lowest BCUT2D eigenvalue weighted by Crippen LogP contribution is -2.39. The third-order valence-electron chi connectivity index (χ3n) is 2.06. The number of benzene rings is 1. The van der Waals surface area contributed by atoms with E-state index >= 15 is 0 Å². The lowest BCUT2D eigenvalue weighted by molar-refractivity contribution is -0.125. The number of nitrogens with one attached hydrogen (secondary N) is 2. The van der Waals surface area contributed by atoms with Crippen LogP contribution in [0.25, 0.3) is 0 Å². The van der Waals surface area contributed by atoms with E-state index in [0.717, 1.165) is 5.56 Å². The molecule has 0 unspecified atom stereocenters. The van der Waals surface area contributed by atoms with Crippen LogP contribution < -0.4 is 16.4 Å². The first-order valence-corrected chi connectivity index (χ1v) is 5.13. The third-order valence-corrected chi connectivity index (χ3v) is 2.06. The Labute approximate surface area is 98.8 Å². The first kappa shape index (κ1) is 13.0. The molecule has 0 radical (unpaired) electrons. The van der Waals surface area contributed by atoms with Crippen LogP contribution in [-0.4, -0.2) is 30.0 Å². The van der Waals surface area contributed by atoms with E-state index in [1.165, 1.54) is 12.1 Å². The summed E-state index contributed by atoms with van der Waals surface area (Å²) in [5, 5.41) is 14.0. The molecule has 0 spiro atoms. The number of amides is 2. The van der Waals surface area contributed by atoms with E-state index in [2.05, 4.69) is 10.6 Å². The van der Waals surface area contributed by atoms with Crippen LogP contribution in [0.1, 0.15) is 5.56 Å². The molecule has 0 aliphatic carbocycles. The zero-order valence-corrected chi connectivity index (χ0v) is 9.27. The molecule has 0 aromatic heterocycles. The van der Waals surface area contributed by atoms with Crippen molar-refractivity contribution >= 4 is 11.8 Å². The monoisotopic (exact) mass is 237 g/mol. The number of phenolic OH excluding ortho intramolecular Hbond substituents is 1. The maximum atomic E-state index is 11.3. The van der Waals surface area contributed by atoms with Crippen LogP contribution in [0.4, 0.5) is 0 Å². The summed E-state index contributed by atoms with van der Waals surface area (Å²) in [6.45, 7) is 0.122. The Bertz CT molecular complexity index is 389. The van der Waals surface area contributed by atoms with E-state index < -0.39 is 0 Å². The van der Waals surface area contributed by atoms with Gasteiger partial charge in [-0.1, -0.05) is 12.1 Å². The van der Waals surface area contributed by atoms with Gasteiger partial charge in [-0.3, -0.25) is 9.59 Å². The topological polar surface area (TPSA) is 104 Å². The molecule has 5 N–H and O–H groups in total. The number of carbonyl (C=O) groups excluding carboxylic acids is 2. The molecule has 0 fully saturated rings. The molecular weight excluding hydrogens is 222 g/mol. The Morgan fingerprint density at radius 2 is 1.76 bits per heavy atom. The zero-order chi connectivity index (χ0) is 12.7. The second kappa shape index (κ2) is 6.49. The van der Waals surface area contributed by atoms with Gasteiger partial charge in [-0.15, -0.1) is 0 Å². The first-order valence-electron chi connectivity index (χ1n) is 5.13. The highest BCUT2D eigenvalue weighted by Crippen LogP contribution is 2.08. The van der Waals surface area contributed by atoms with Crippen molar-refractivity contribution in [1.29, 1.82) is 0 Å². The molecule has 0 saturated heterocycles. The fourth-order valence-electron chi connectivity index (χ4n) is 1.13. The van der Waals surface area contributed by atoms with Gasteiger partial charge in [0.2, 0.25) is 11.8 Å². The number of carbonyl (C=O) groups is 2.